The van der Waals surface area contributed by atoms with Gasteiger partial charge in [0.25, 0.3) is 0 Å². The molecule has 0 saturated carbocycles. The van der Waals surface area contributed by atoms with Crippen molar-refractivity contribution in [2.75, 3.05) is 26.7 Å². The monoisotopic (exact) mass is 174 g/mol. The van der Waals surface area contributed by atoms with Gasteiger partial charge in [-0.3, -0.25) is 0 Å². The van der Waals surface area contributed by atoms with Crippen LogP contribution in [0.25, 0.3) is 0 Å². The van der Waals surface area contributed by atoms with Gasteiger partial charge in [0.2, 0.25) is 0 Å². The molecule has 0 aliphatic carbocycles. The topological polar surface area (TPSA) is 49.5 Å². The number of hydrogen-bond donors (Lipinski definition) is 2. The van der Waals surface area contributed by atoms with Crippen LogP contribution in [-0.2, 0) is 0 Å². The predicted octanol–water partition coefficient (Wildman–Crippen LogP) is 0.428. The predicted molar refractivity (Wildman–Crippen MR) is 52.1 cm³/mol. The van der Waals surface area contributed by atoms with Gasteiger partial charge in [-0.25, -0.2) is 0 Å². The van der Waals surface area contributed by atoms with Crippen molar-refractivity contribution in [2.45, 2.75) is 32.3 Å². The zero-order valence-electron chi connectivity index (χ0n) is 8.51. The van der Waals surface area contributed by atoms with Crippen LogP contribution in [0.1, 0.15) is 26.7 Å². The van der Waals surface area contributed by atoms with Gasteiger partial charge in [0.05, 0.1) is 5.60 Å². The first-order valence-corrected chi connectivity index (χ1v) is 4.57. The largest absolute Gasteiger partial charge is 0.389 e. The zero-order valence-corrected chi connectivity index (χ0v) is 8.51. The standard InChI is InChI=1S/C9H22N2O/c1-9(2,12)8-11(3)7-5-4-6-10/h12H,4-8,10H2,1-3H3. The van der Waals surface area contributed by atoms with Crippen molar-refractivity contribution in [3.8, 4) is 0 Å². The van der Waals surface area contributed by atoms with E-state index < -0.39 is 5.60 Å². The van der Waals surface area contributed by atoms with Crippen LogP contribution in [0.3, 0.4) is 0 Å². The summed E-state index contributed by atoms with van der Waals surface area (Å²) < 4.78 is 0. The molecule has 74 valence electrons. The molecule has 3 nitrogen and oxygen atoms in total. The molecule has 0 aromatic heterocycles. The molecular weight excluding hydrogens is 152 g/mol. The summed E-state index contributed by atoms with van der Waals surface area (Å²) in [5, 5.41) is 9.48. The Balaban J connectivity index is 3.40. The van der Waals surface area contributed by atoms with E-state index in [0.717, 1.165) is 32.5 Å². The highest BCUT2D eigenvalue weighted by Crippen LogP contribution is 2.03. The molecule has 0 atom stereocenters. The summed E-state index contributed by atoms with van der Waals surface area (Å²) in [6.07, 6.45) is 2.18. The Kier molecular flexibility index (Phi) is 5.46. The average Bonchev–Trinajstić information content (AvgIpc) is 1.84. The molecule has 12 heavy (non-hydrogen) atoms. The molecule has 0 aliphatic heterocycles. The van der Waals surface area contributed by atoms with Gasteiger partial charge in [-0.05, 0) is 46.8 Å². The second kappa shape index (κ2) is 5.51. The fourth-order valence-corrected chi connectivity index (χ4v) is 1.27. The van der Waals surface area contributed by atoms with Gasteiger partial charge < -0.3 is 15.7 Å². The molecule has 0 rings (SSSR count). The van der Waals surface area contributed by atoms with E-state index in [0.29, 0.717) is 0 Å². The van der Waals surface area contributed by atoms with E-state index in [-0.39, 0.29) is 0 Å². The fourth-order valence-electron chi connectivity index (χ4n) is 1.27. The minimum absolute atomic E-state index is 0.586. The summed E-state index contributed by atoms with van der Waals surface area (Å²) in [6.45, 7) is 6.15. The molecule has 0 fully saturated rings. The van der Waals surface area contributed by atoms with Crippen LogP contribution in [0.15, 0.2) is 0 Å². The lowest BCUT2D eigenvalue weighted by Crippen LogP contribution is -2.36. The van der Waals surface area contributed by atoms with Crippen LogP contribution < -0.4 is 5.73 Å². The highest BCUT2D eigenvalue weighted by atomic mass is 16.3. The van der Waals surface area contributed by atoms with E-state index in [1.807, 2.05) is 20.9 Å². The molecule has 0 spiro atoms. The molecule has 0 bridgehead atoms. The molecule has 3 heteroatoms. The SMILES string of the molecule is CN(CCCCN)CC(C)(C)O. The van der Waals surface area contributed by atoms with E-state index in [4.69, 9.17) is 5.73 Å². The van der Waals surface area contributed by atoms with Crippen molar-refractivity contribution in [3.63, 3.8) is 0 Å². The van der Waals surface area contributed by atoms with Crippen LogP contribution in [0.5, 0.6) is 0 Å². The minimum atomic E-state index is -0.586. The van der Waals surface area contributed by atoms with Crippen LogP contribution in [0, 0.1) is 0 Å². The van der Waals surface area contributed by atoms with Gasteiger partial charge in [-0.2, -0.15) is 0 Å². The first-order chi connectivity index (χ1) is 5.45. The Morgan fingerprint density at radius 2 is 1.92 bits per heavy atom. The van der Waals surface area contributed by atoms with Crippen molar-refractivity contribution in [3.05, 3.63) is 0 Å². The number of nitrogens with two attached hydrogens (primary N) is 1. The van der Waals surface area contributed by atoms with E-state index in [2.05, 4.69) is 4.90 Å². The first-order valence-electron chi connectivity index (χ1n) is 4.57. The molecule has 0 aromatic rings. The van der Waals surface area contributed by atoms with Crippen LogP contribution >= 0.6 is 0 Å². The van der Waals surface area contributed by atoms with Crippen molar-refractivity contribution < 1.29 is 5.11 Å². The molecule has 0 unspecified atom stereocenters. The number of aliphatic hydroxyl groups is 1. The summed E-state index contributed by atoms with van der Waals surface area (Å²) in [6, 6.07) is 0. The van der Waals surface area contributed by atoms with Crippen molar-refractivity contribution in [1.82, 2.24) is 4.90 Å². The summed E-state index contributed by atoms with van der Waals surface area (Å²) in [7, 11) is 2.02. The second-order valence-electron chi connectivity index (χ2n) is 4.05. The first kappa shape index (κ1) is 11.9. The minimum Gasteiger partial charge on any atom is -0.389 e. The lowest BCUT2D eigenvalue weighted by molar-refractivity contribution is 0.0443. The Morgan fingerprint density at radius 3 is 2.33 bits per heavy atom. The second-order valence-corrected chi connectivity index (χ2v) is 4.05. The number of rotatable bonds is 6. The Labute approximate surface area is 75.6 Å². The molecule has 3 N–H and O–H groups in total. The van der Waals surface area contributed by atoms with Gasteiger partial charge >= 0.3 is 0 Å². The maximum Gasteiger partial charge on any atom is 0.0718 e. The van der Waals surface area contributed by atoms with Crippen molar-refractivity contribution in [2.24, 2.45) is 5.73 Å². The third-order valence-corrected chi connectivity index (χ3v) is 1.65. The van der Waals surface area contributed by atoms with Crippen LogP contribution in [0.2, 0.25) is 0 Å². The quantitative estimate of drug-likeness (QED) is 0.574. The van der Waals surface area contributed by atoms with Gasteiger partial charge in [0, 0.05) is 6.54 Å². The molecule has 0 amide bonds. The Bertz CT molecular complexity index is 110. The highest BCUT2D eigenvalue weighted by molar-refractivity contribution is 4.69. The molecule has 0 aromatic carbocycles. The number of likely N-dealkylation sites (N-methyl/N-ethyl adjacent to an activating group) is 1. The molecule has 0 saturated heterocycles. The summed E-state index contributed by atoms with van der Waals surface area (Å²) in [5.41, 5.74) is 4.79. The van der Waals surface area contributed by atoms with Gasteiger partial charge in [0.15, 0.2) is 0 Å². The lowest BCUT2D eigenvalue weighted by Gasteiger charge is -2.25. The highest BCUT2D eigenvalue weighted by Gasteiger charge is 2.14. The maximum absolute atomic E-state index is 9.48. The fraction of sp³-hybridized carbons (Fsp3) is 1.00. The van der Waals surface area contributed by atoms with Crippen molar-refractivity contribution in [1.29, 1.82) is 0 Å². The van der Waals surface area contributed by atoms with Crippen LogP contribution in [-0.4, -0.2) is 42.3 Å². The van der Waals surface area contributed by atoms with E-state index in [9.17, 15) is 5.11 Å². The van der Waals surface area contributed by atoms with Crippen molar-refractivity contribution >= 4 is 0 Å². The van der Waals surface area contributed by atoms with E-state index in [1.165, 1.54) is 0 Å². The molecular formula is C9H22N2O. The average molecular weight is 174 g/mol. The Morgan fingerprint density at radius 1 is 1.33 bits per heavy atom. The number of nitrogens with zero attached hydrogens (tertiary/aromatic N) is 1. The molecule has 0 aliphatic rings. The smallest absolute Gasteiger partial charge is 0.0718 e. The summed E-state index contributed by atoms with van der Waals surface area (Å²) in [5.74, 6) is 0. The van der Waals surface area contributed by atoms with E-state index in [1.54, 1.807) is 0 Å². The number of hydrogen-bond acceptors (Lipinski definition) is 3. The van der Waals surface area contributed by atoms with Gasteiger partial charge in [-0.15, -0.1) is 0 Å². The molecule has 0 radical (unpaired) electrons. The zero-order chi connectivity index (χ0) is 9.61. The number of unbranched alkanes of at least 4 members (excludes halogenated alkanes) is 1. The van der Waals surface area contributed by atoms with E-state index >= 15 is 0 Å². The lowest BCUT2D eigenvalue weighted by atomic mass is 10.1. The summed E-state index contributed by atoms with van der Waals surface area (Å²) >= 11 is 0. The van der Waals surface area contributed by atoms with Crippen LogP contribution in [0.4, 0.5) is 0 Å². The third-order valence-electron chi connectivity index (χ3n) is 1.65. The summed E-state index contributed by atoms with van der Waals surface area (Å²) in [4.78, 5) is 2.13. The third kappa shape index (κ3) is 7.98. The normalized spacial score (nSPS) is 12.5. The Hall–Kier alpha value is -0.120. The van der Waals surface area contributed by atoms with Gasteiger partial charge in [-0.1, -0.05) is 0 Å². The molecule has 0 heterocycles. The van der Waals surface area contributed by atoms with Gasteiger partial charge in [0.1, 0.15) is 0 Å². The maximum atomic E-state index is 9.48.